The summed E-state index contributed by atoms with van der Waals surface area (Å²) >= 11 is 1.88. The van der Waals surface area contributed by atoms with E-state index in [9.17, 15) is 5.26 Å². The molecule has 4 heteroatoms. The fraction of sp³-hybridized carbons (Fsp3) is 0.109. The van der Waals surface area contributed by atoms with Gasteiger partial charge in [0, 0.05) is 15.4 Å². The average Bonchev–Trinajstić information content (AvgIpc) is 3.70. The molecule has 9 aromatic rings. The van der Waals surface area contributed by atoms with Crippen molar-refractivity contribution in [3.05, 3.63) is 285 Å². The van der Waals surface area contributed by atoms with Crippen LogP contribution in [0.1, 0.15) is 92.6 Å². The predicted molar refractivity (Wildman–Crippen MR) is 277 cm³/mol. The van der Waals surface area contributed by atoms with E-state index in [2.05, 4.69) is 213 Å². The molecule has 322 valence electrons. The first kappa shape index (κ1) is 40.4. The van der Waals surface area contributed by atoms with Crippen molar-refractivity contribution in [1.82, 2.24) is 0 Å². The molecule has 2 atom stereocenters. The maximum absolute atomic E-state index is 9.74. The van der Waals surface area contributed by atoms with Crippen LogP contribution in [0, 0.1) is 17.2 Å². The van der Waals surface area contributed by atoms with Gasteiger partial charge in [-0.15, -0.1) is 0 Å². The maximum Gasteiger partial charge on any atom is 0.156 e. The Morgan fingerprint density at radius 1 is 0.485 bits per heavy atom. The fourth-order valence-electron chi connectivity index (χ4n) is 12.3. The third-order valence-electron chi connectivity index (χ3n) is 15.1. The number of aliphatic imine (C=N–C) groups is 2. The van der Waals surface area contributed by atoms with Crippen molar-refractivity contribution in [2.75, 3.05) is 0 Å². The molecule has 0 N–H and O–H groups in total. The van der Waals surface area contributed by atoms with E-state index in [0.717, 1.165) is 46.6 Å². The molecule has 2 spiro atoms. The van der Waals surface area contributed by atoms with Crippen LogP contribution in [0.3, 0.4) is 0 Å². The minimum absolute atomic E-state index is 0.0849. The zero-order valence-electron chi connectivity index (χ0n) is 37.6. The topological polar surface area (TPSA) is 48.5 Å². The molecule has 0 saturated heterocycles. The lowest BCUT2D eigenvalue weighted by atomic mass is 9.51. The molecule has 0 saturated carbocycles. The molecule has 3 nitrogen and oxygen atoms in total. The van der Waals surface area contributed by atoms with Crippen LogP contribution in [0.4, 0.5) is 0 Å². The number of rotatable bonds is 4. The highest BCUT2D eigenvalue weighted by molar-refractivity contribution is 7.99. The summed E-state index contributed by atoms with van der Waals surface area (Å²) in [4.78, 5) is 14.2. The van der Waals surface area contributed by atoms with E-state index < -0.39 is 10.8 Å². The average molecular weight is 888 g/mol. The minimum atomic E-state index is -0.637. The van der Waals surface area contributed by atoms with Gasteiger partial charge >= 0.3 is 0 Å². The molecule has 0 amide bonds. The highest BCUT2D eigenvalue weighted by Crippen LogP contribution is 2.67. The van der Waals surface area contributed by atoms with Crippen molar-refractivity contribution >= 4 is 23.3 Å². The molecule has 2 unspecified atom stereocenters. The maximum atomic E-state index is 9.74. The Morgan fingerprint density at radius 2 is 0.985 bits per heavy atom. The normalized spacial score (nSPS) is 19.2. The van der Waals surface area contributed by atoms with Crippen molar-refractivity contribution in [2.45, 2.75) is 46.4 Å². The highest BCUT2D eigenvalue weighted by atomic mass is 32.2. The number of hydrogen-bond acceptors (Lipinski definition) is 4. The molecular formula is C64H45N3S. The molecule has 2 aliphatic carbocycles. The van der Waals surface area contributed by atoms with E-state index >= 15 is 0 Å². The summed E-state index contributed by atoms with van der Waals surface area (Å²) in [5, 5.41) is 9.74. The van der Waals surface area contributed by atoms with Crippen LogP contribution in [0.25, 0.3) is 22.3 Å². The summed E-state index contributed by atoms with van der Waals surface area (Å²) in [6.45, 7) is 2.34. The fourth-order valence-corrected chi connectivity index (χ4v) is 13.5. The van der Waals surface area contributed by atoms with Crippen molar-refractivity contribution in [2.24, 2.45) is 15.9 Å². The number of amidine groups is 1. The Kier molecular flexibility index (Phi) is 9.46. The Bertz CT molecular complexity index is 3520. The second-order valence-electron chi connectivity index (χ2n) is 18.6. The number of hydrogen-bond donors (Lipinski definition) is 0. The van der Waals surface area contributed by atoms with Gasteiger partial charge in [-0.2, -0.15) is 5.26 Å². The summed E-state index contributed by atoms with van der Waals surface area (Å²) in [5.41, 5.74) is 18.7. The van der Waals surface area contributed by atoms with Crippen molar-refractivity contribution in [1.29, 1.82) is 5.26 Å². The van der Waals surface area contributed by atoms with Crippen LogP contribution in [0.5, 0.6) is 0 Å². The lowest BCUT2D eigenvalue weighted by Crippen LogP contribution is -2.45. The van der Waals surface area contributed by atoms with Gasteiger partial charge < -0.3 is 0 Å². The molecule has 13 rings (SSSR count). The second kappa shape index (κ2) is 15.9. The quantitative estimate of drug-likeness (QED) is 0.177. The zero-order valence-corrected chi connectivity index (χ0v) is 38.4. The van der Waals surface area contributed by atoms with Gasteiger partial charge in [0.25, 0.3) is 0 Å². The summed E-state index contributed by atoms with van der Waals surface area (Å²) in [6.07, 6.45) is 1.73. The molecule has 0 bridgehead atoms. The van der Waals surface area contributed by atoms with E-state index in [0.29, 0.717) is 5.56 Å². The molecule has 0 radical (unpaired) electrons. The first-order valence-corrected chi connectivity index (χ1v) is 24.5. The van der Waals surface area contributed by atoms with E-state index in [4.69, 9.17) is 9.98 Å². The van der Waals surface area contributed by atoms with Crippen molar-refractivity contribution < 1.29 is 0 Å². The number of nitriles is 1. The number of fused-ring (bicyclic) bond motifs is 15. The van der Waals surface area contributed by atoms with Crippen LogP contribution >= 0.6 is 11.8 Å². The first-order chi connectivity index (χ1) is 33.6. The van der Waals surface area contributed by atoms with Gasteiger partial charge in [-0.1, -0.05) is 207 Å². The van der Waals surface area contributed by atoms with Crippen molar-refractivity contribution in [3.8, 4) is 28.3 Å². The zero-order chi connectivity index (χ0) is 45.4. The standard InChI is InChI=1S/C64H45N3S/c1-41-36-37-57(46-23-16-22-45(39-46)44-21-15-18-42(38-44)40-65)66-62(67-61(41)43-19-3-2-4-20-43)48-25-17-33-56-60(48)47-24-5-6-26-49(47)63(56)50-27-7-9-29-52(50)64(53-30-10-8-28-51(53)63)54-31-11-13-34-58(54)68-59-35-14-12-32-55(59)64/h2-35,38-39,41,61H,36-37H2,1H3/b66-57+,67-62-. The van der Waals surface area contributed by atoms with E-state index in [1.54, 1.807) is 0 Å². The minimum Gasteiger partial charge on any atom is -0.258 e. The molecule has 2 heterocycles. The molecule has 0 fully saturated rings. The van der Waals surface area contributed by atoms with Crippen LogP contribution in [-0.2, 0) is 10.8 Å². The SMILES string of the molecule is CC1CC/C(c2cccc(-c3cccc(C#N)c3)c2)=N\C(c2cccc3c2-c2ccccc2C32c3ccccc3C3(c4ccccc4Sc4ccccc43)c3ccccc32)=N/C1c1ccccc1. The summed E-state index contributed by atoms with van der Waals surface area (Å²) in [5.74, 6) is 0.999. The Labute approximate surface area is 402 Å². The first-order valence-electron chi connectivity index (χ1n) is 23.7. The van der Waals surface area contributed by atoms with Gasteiger partial charge in [0.05, 0.1) is 34.2 Å². The van der Waals surface area contributed by atoms with Gasteiger partial charge in [0.15, 0.2) is 5.84 Å². The molecule has 0 aromatic heterocycles. The number of benzene rings is 9. The number of nitrogens with zero attached hydrogens (tertiary/aromatic N) is 3. The summed E-state index contributed by atoms with van der Waals surface area (Å²) in [6, 6.07) is 82.3. The largest absolute Gasteiger partial charge is 0.258 e. The van der Waals surface area contributed by atoms with Crippen LogP contribution < -0.4 is 0 Å². The van der Waals surface area contributed by atoms with Gasteiger partial charge in [-0.25, -0.2) is 4.99 Å². The smallest absolute Gasteiger partial charge is 0.156 e. The van der Waals surface area contributed by atoms with Gasteiger partial charge in [0.1, 0.15) is 0 Å². The van der Waals surface area contributed by atoms with E-state index in [-0.39, 0.29) is 12.0 Å². The van der Waals surface area contributed by atoms with E-state index in [1.807, 2.05) is 30.0 Å². The van der Waals surface area contributed by atoms with Crippen LogP contribution in [-0.4, -0.2) is 11.5 Å². The van der Waals surface area contributed by atoms with Crippen molar-refractivity contribution in [3.63, 3.8) is 0 Å². The third-order valence-corrected chi connectivity index (χ3v) is 16.3. The summed E-state index contributed by atoms with van der Waals surface area (Å²) < 4.78 is 0. The Balaban J connectivity index is 1.08. The highest BCUT2D eigenvalue weighted by Gasteiger charge is 2.58. The lowest BCUT2D eigenvalue weighted by Gasteiger charge is -2.51. The monoisotopic (exact) mass is 887 g/mol. The van der Waals surface area contributed by atoms with Crippen LogP contribution in [0.2, 0.25) is 0 Å². The van der Waals surface area contributed by atoms with E-state index in [1.165, 1.54) is 71.0 Å². The second-order valence-corrected chi connectivity index (χ2v) is 19.7. The molecule has 9 aromatic carbocycles. The Morgan fingerprint density at radius 3 is 1.65 bits per heavy atom. The van der Waals surface area contributed by atoms with Gasteiger partial charge in [0.2, 0.25) is 0 Å². The molecule has 68 heavy (non-hydrogen) atoms. The van der Waals surface area contributed by atoms with Crippen LogP contribution in [0.15, 0.2) is 238 Å². The lowest BCUT2D eigenvalue weighted by molar-refractivity contribution is 0.446. The molecule has 2 aliphatic heterocycles. The Hall–Kier alpha value is -7.84. The van der Waals surface area contributed by atoms with Gasteiger partial charge in [-0.3, -0.25) is 4.99 Å². The van der Waals surface area contributed by atoms with Gasteiger partial charge in [-0.05, 0) is 127 Å². The molecular weight excluding hydrogens is 843 g/mol. The molecule has 4 aliphatic rings. The predicted octanol–water partition coefficient (Wildman–Crippen LogP) is 15.2. The summed E-state index contributed by atoms with van der Waals surface area (Å²) in [7, 11) is 0. The third kappa shape index (κ3) is 5.85.